The number of nitrogens with zero attached hydrogens (tertiary/aromatic N) is 2. The average molecular weight is 556 g/mol. The van der Waals surface area contributed by atoms with Crippen molar-refractivity contribution >= 4 is 46.5 Å². The maximum Gasteiger partial charge on any atom is 0.242 e. The minimum absolute atomic E-state index is 0.0613. The highest BCUT2D eigenvalue weighted by molar-refractivity contribution is 7.90. The van der Waals surface area contributed by atoms with Crippen LogP contribution in [0.15, 0.2) is 52.3 Å². The van der Waals surface area contributed by atoms with Crippen molar-refractivity contribution in [2.75, 3.05) is 51.7 Å². The summed E-state index contributed by atoms with van der Waals surface area (Å²) in [5.41, 5.74) is 0.729. The number of rotatable bonds is 11. The van der Waals surface area contributed by atoms with Crippen LogP contribution in [-0.2, 0) is 29.3 Å². The van der Waals surface area contributed by atoms with Crippen LogP contribution in [-0.4, -0.2) is 78.6 Å². The molecule has 36 heavy (non-hydrogen) atoms. The standard InChI is InChI=1S/C23H29N3O7S3/c1-26(11-3-12-32-17-4-6-19(7-5-17)35(2,27)28)36(29,30)20-8-9-21-22(14-20)34-23(25-21)24-15-18-10-13-31-16-33-18/h4-9,14,18H,3,10-13,15-16H2,1-2H3,(H,24,25). The Balaban J connectivity index is 1.31. The number of thiazole rings is 1. The van der Waals surface area contributed by atoms with Gasteiger partial charge in [-0.25, -0.2) is 26.1 Å². The van der Waals surface area contributed by atoms with Crippen LogP contribution in [0.25, 0.3) is 10.2 Å². The third-order valence-electron chi connectivity index (χ3n) is 5.66. The Morgan fingerprint density at radius 1 is 1.14 bits per heavy atom. The first kappa shape index (κ1) is 26.8. The van der Waals surface area contributed by atoms with Crippen molar-refractivity contribution < 1.29 is 31.0 Å². The van der Waals surface area contributed by atoms with E-state index in [9.17, 15) is 16.8 Å². The number of nitrogens with one attached hydrogen (secondary N) is 1. The Morgan fingerprint density at radius 2 is 1.89 bits per heavy atom. The molecule has 3 aromatic rings. The van der Waals surface area contributed by atoms with E-state index in [1.165, 1.54) is 34.8 Å². The molecule has 1 fully saturated rings. The number of fused-ring (bicyclic) bond motifs is 1. The first-order valence-electron chi connectivity index (χ1n) is 11.4. The number of hydrogen-bond acceptors (Lipinski definition) is 10. The van der Waals surface area contributed by atoms with Crippen LogP contribution in [0.1, 0.15) is 12.8 Å². The number of sulfone groups is 1. The molecule has 0 saturated carbocycles. The molecule has 2 aromatic carbocycles. The van der Waals surface area contributed by atoms with Crippen LogP contribution in [0.2, 0.25) is 0 Å². The molecule has 1 aliphatic heterocycles. The molecular weight excluding hydrogens is 526 g/mol. The highest BCUT2D eigenvalue weighted by atomic mass is 32.2. The molecule has 0 radical (unpaired) electrons. The van der Waals surface area contributed by atoms with Gasteiger partial charge in [0.05, 0.1) is 39.3 Å². The highest BCUT2D eigenvalue weighted by Gasteiger charge is 2.22. The minimum Gasteiger partial charge on any atom is -0.494 e. The van der Waals surface area contributed by atoms with Gasteiger partial charge >= 0.3 is 0 Å². The summed E-state index contributed by atoms with van der Waals surface area (Å²) in [6.45, 7) is 2.14. The Kier molecular flexibility index (Phi) is 8.48. The summed E-state index contributed by atoms with van der Waals surface area (Å²) in [5, 5.41) is 3.98. The van der Waals surface area contributed by atoms with E-state index in [-0.39, 0.29) is 29.0 Å². The number of benzene rings is 2. The van der Waals surface area contributed by atoms with Crippen molar-refractivity contribution in [3.63, 3.8) is 0 Å². The summed E-state index contributed by atoms with van der Waals surface area (Å²) < 4.78 is 67.6. The molecule has 0 amide bonds. The summed E-state index contributed by atoms with van der Waals surface area (Å²) >= 11 is 1.40. The summed E-state index contributed by atoms with van der Waals surface area (Å²) in [6.07, 6.45) is 2.49. The van der Waals surface area contributed by atoms with Gasteiger partial charge in [-0.15, -0.1) is 0 Å². The summed E-state index contributed by atoms with van der Waals surface area (Å²) in [6, 6.07) is 11.1. The van der Waals surface area contributed by atoms with Crippen LogP contribution >= 0.6 is 11.3 Å². The second-order valence-corrected chi connectivity index (χ2v) is 13.5. The molecule has 13 heteroatoms. The third-order valence-corrected chi connectivity index (χ3v) is 9.62. The van der Waals surface area contributed by atoms with Gasteiger partial charge in [0.1, 0.15) is 12.5 Å². The summed E-state index contributed by atoms with van der Waals surface area (Å²) in [4.78, 5) is 4.96. The van der Waals surface area contributed by atoms with Gasteiger partial charge < -0.3 is 19.5 Å². The largest absolute Gasteiger partial charge is 0.494 e. The monoisotopic (exact) mass is 555 g/mol. The Labute approximate surface area is 215 Å². The van der Waals surface area contributed by atoms with Crippen LogP contribution in [0.5, 0.6) is 5.75 Å². The molecule has 0 spiro atoms. The normalized spacial score (nSPS) is 16.9. The zero-order valence-corrected chi connectivity index (χ0v) is 22.5. The van der Waals surface area contributed by atoms with E-state index in [0.29, 0.717) is 37.2 Å². The highest BCUT2D eigenvalue weighted by Crippen LogP contribution is 2.29. The number of aromatic nitrogens is 1. The lowest BCUT2D eigenvalue weighted by Gasteiger charge is -2.22. The molecule has 4 rings (SSSR count). The molecule has 0 aliphatic carbocycles. The van der Waals surface area contributed by atoms with E-state index >= 15 is 0 Å². The fourth-order valence-electron chi connectivity index (χ4n) is 3.56. The fourth-order valence-corrected chi connectivity index (χ4v) is 6.42. The van der Waals surface area contributed by atoms with Gasteiger partial charge in [-0.2, -0.15) is 0 Å². The van der Waals surface area contributed by atoms with Crippen molar-refractivity contribution in [3.05, 3.63) is 42.5 Å². The lowest BCUT2D eigenvalue weighted by atomic mass is 10.2. The van der Waals surface area contributed by atoms with E-state index in [4.69, 9.17) is 14.2 Å². The van der Waals surface area contributed by atoms with Crippen molar-refractivity contribution in [3.8, 4) is 5.75 Å². The average Bonchev–Trinajstić information content (AvgIpc) is 3.28. The van der Waals surface area contributed by atoms with Crippen LogP contribution in [0.3, 0.4) is 0 Å². The lowest BCUT2D eigenvalue weighted by Crippen LogP contribution is -2.30. The number of anilines is 1. The van der Waals surface area contributed by atoms with Crippen molar-refractivity contribution in [2.45, 2.75) is 28.7 Å². The molecule has 196 valence electrons. The van der Waals surface area contributed by atoms with Crippen molar-refractivity contribution in [2.24, 2.45) is 0 Å². The third kappa shape index (κ3) is 6.72. The second-order valence-electron chi connectivity index (χ2n) is 8.41. The number of sulfonamides is 1. The van der Waals surface area contributed by atoms with Crippen molar-refractivity contribution in [1.82, 2.24) is 9.29 Å². The predicted molar refractivity (Wildman–Crippen MR) is 138 cm³/mol. The molecule has 10 nitrogen and oxygen atoms in total. The minimum atomic E-state index is -3.68. The Morgan fingerprint density at radius 3 is 2.58 bits per heavy atom. The molecule has 0 bridgehead atoms. The second kappa shape index (κ2) is 11.4. The topological polar surface area (TPSA) is 124 Å². The van der Waals surface area contributed by atoms with E-state index in [2.05, 4.69) is 10.3 Å². The Hall–Kier alpha value is -2.29. The molecule has 1 aromatic heterocycles. The molecular formula is C23H29N3O7S3. The van der Waals surface area contributed by atoms with Gasteiger partial charge in [0, 0.05) is 26.4 Å². The first-order chi connectivity index (χ1) is 17.1. The molecule has 2 heterocycles. The van der Waals surface area contributed by atoms with Crippen molar-refractivity contribution in [1.29, 1.82) is 0 Å². The SMILES string of the molecule is CN(CCCOc1ccc(S(C)(=O)=O)cc1)S(=O)(=O)c1ccc2nc(NCC3CCOCO3)sc2c1. The van der Waals surface area contributed by atoms with E-state index in [1.54, 1.807) is 30.3 Å². The van der Waals surface area contributed by atoms with Gasteiger partial charge in [0.15, 0.2) is 15.0 Å². The number of ether oxygens (including phenoxy) is 3. The predicted octanol–water partition coefficient (Wildman–Crippen LogP) is 2.96. The summed E-state index contributed by atoms with van der Waals surface area (Å²) in [7, 11) is -5.41. The van der Waals surface area contributed by atoms with Gasteiger partial charge in [-0.3, -0.25) is 0 Å². The zero-order chi connectivity index (χ0) is 25.8. The summed E-state index contributed by atoms with van der Waals surface area (Å²) in [5.74, 6) is 0.524. The lowest BCUT2D eigenvalue weighted by molar-refractivity contribution is -0.133. The van der Waals surface area contributed by atoms with Crippen LogP contribution in [0, 0.1) is 0 Å². The van der Waals surface area contributed by atoms with E-state index in [1.807, 2.05) is 0 Å². The van der Waals surface area contributed by atoms with Gasteiger partial charge in [-0.05, 0) is 55.3 Å². The van der Waals surface area contributed by atoms with Crippen LogP contribution in [0.4, 0.5) is 5.13 Å². The first-order valence-corrected chi connectivity index (χ1v) is 15.5. The molecule has 1 atom stereocenters. The fraction of sp³-hybridized carbons (Fsp3) is 0.435. The van der Waals surface area contributed by atoms with Gasteiger partial charge in [0.2, 0.25) is 10.0 Å². The Bertz CT molecular complexity index is 1380. The number of hydrogen-bond donors (Lipinski definition) is 1. The zero-order valence-electron chi connectivity index (χ0n) is 20.0. The molecule has 1 saturated heterocycles. The quantitative estimate of drug-likeness (QED) is 0.356. The van der Waals surface area contributed by atoms with E-state index in [0.717, 1.165) is 22.9 Å². The van der Waals surface area contributed by atoms with E-state index < -0.39 is 19.9 Å². The smallest absolute Gasteiger partial charge is 0.242 e. The molecule has 1 aliphatic rings. The van der Waals surface area contributed by atoms with Crippen LogP contribution < -0.4 is 10.1 Å². The maximum atomic E-state index is 13.1. The van der Waals surface area contributed by atoms with Gasteiger partial charge in [-0.1, -0.05) is 11.3 Å². The molecule has 1 unspecified atom stereocenters. The van der Waals surface area contributed by atoms with Gasteiger partial charge in [0.25, 0.3) is 0 Å². The molecule has 1 N–H and O–H groups in total. The maximum absolute atomic E-state index is 13.1.